The minimum atomic E-state index is 0.227. The first-order valence-corrected chi connectivity index (χ1v) is 13.9. The van der Waals surface area contributed by atoms with Gasteiger partial charge in [0.1, 0.15) is 0 Å². The van der Waals surface area contributed by atoms with Crippen molar-refractivity contribution in [3.05, 3.63) is 140 Å². The number of nitrogens with one attached hydrogen (secondary N) is 2. The molecule has 7 rings (SSSR count). The number of aromatic amines is 2. The lowest BCUT2D eigenvalue weighted by Gasteiger charge is -2.27. The highest BCUT2D eigenvalue weighted by Gasteiger charge is 2.45. The number of halogens is 2. The standard InChI is InChI=1S/C32H24Br2N2/c33-21-13-9-19(10-14-21)17-25-29(20-11-15-22(34)16-12-20)31(26-18-35-27-7-3-1-5-23(26)27)32-30(25)24-6-2-4-8-28(24)36-32/h1-16,18,25,29,31,35-36H,17H2/t25-,29-,31+/m1/s1. The van der Waals surface area contributed by atoms with E-state index in [9.17, 15) is 0 Å². The summed E-state index contributed by atoms with van der Waals surface area (Å²) in [6, 6.07) is 35.3. The first-order valence-electron chi connectivity index (χ1n) is 12.3. The van der Waals surface area contributed by atoms with Crippen LogP contribution in [0.5, 0.6) is 0 Å². The summed E-state index contributed by atoms with van der Waals surface area (Å²) < 4.78 is 2.23. The second kappa shape index (κ2) is 8.79. The zero-order valence-electron chi connectivity index (χ0n) is 19.5. The van der Waals surface area contributed by atoms with E-state index in [4.69, 9.17) is 0 Å². The van der Waals surface area contributed by atoms with Crippen LogP contribution in [0.1, 0.15) is 45.7 Å². The molecule has 0 unspecified atom stereocenters. The third kappa shape index (κ3) is 3.58. The molecule has 0 bridgehead atoms. The van der Waals surface area contributed by atoms with Gasteiger partial charge >= 0.3 is 0 Å². The number of hydrogen-bond acceptors (Lipinski definition) is 0. The molecule has 2 nitrogen and oxygen atoms in total. The van der Waals surface area contributed by atoms with E-state index >= 15 is 0 Å². The maximum Gasteiger partial charge on any atom is 0.0459 e. The number of H-pyrrole nitrogens is 2. The summed E-state index contributed by atoms with van der Waals surface area (Å²) in [5.41, 5.74) is 9.35. The van der Waals surface area contributed by atoms with Gasteiger partial charge in [-0.25, -0.2) is 0 Å². The summed E-state index contributed by atoms with van der Waals surface area (Å²) in [4.78, 5) is 7.44. The van der Waals surface area contributed by atoms with Crippen LogP contribution in [0.4, 0.5) is 0 Å². The third-order valence-corrected chi connectivity index (χ3v) is 8.89. The first-order chi connectivity index (χ1) is 17.7. The third-order valence-electron chi connectivity index (χ3n) is 7.83. The summed E-state index contributed by atoms with van der Waals surface area (Å²) in [6.07, 6.45) is 3.22. The number of para-hydroxylation sites is 2. The lowest BCUT2D eigenvalue weighted by molar-refractivity contribution is 0.536. The number of rotatable bonds is 4. The van der Waals surface area contributed by atoms with Crippen LogP contribution in [-0.2, 0) is 6.42 Å². The summed E-state index contributed by atoms with van der Waals surface area (Å²) >= 11 is 7.27. The topological polar surface area (TPSA) is 31.6 Å². The highest BCUT2D eigenvalue weighted by Crippen LogP contribution is 2.58. The molecular formula is C32H24Br2N2. The van der Waals surface area contributed by atoms with E-state index in [-0.39, 0.29) is 5.92 Å². The van der Waals surface area contributed by atoms with Gasteiger partial charge in [-0.2, -0.15) is 0 Å². The second-order valence-corrected chi connectivity index (χ2v) is 11.6. The zero-order valence-corrected chi connectivity index (χ0v) is 22.7. The van der Waals surface area contributed by atoms with Crippen molar-refractivity contribution < 1.29 is 0 Å². The van der Waals surface area contributed by atoms with E-state index in [2.05, 4.69) is 145 Å². The quantitative estimate of drug-likeness (QED) is 0.203. The first kappa shape index (κ1) is 22.1. The van der Waals surface area contributed by atoms with E-state index < -0.39 is 0 Å². The van der Waals surface area contributed by atoms with E-state index in [0.29, 0.717) is 11.8 Å². The SMILES string of the molecule is Brc1ccc(C[C@H]2c3c([nH]c4ccccc34)[C@@H](c3c[nH]c4ccccc34)[C@@H]2c2ccc(Br)cc2)cc1. The Bertz CT molecular complexity index is 1690. The predicted octanol–water partition coefficient (Wildman–Crippen LogP) is 9.43. The fraction of sp³-hybridized carbons (Fsp3) is 0.125. The molecule has 6 aromatic rings. The molecule has 0 radical (unpaired) electrons. The van der Waals surface area contributed by atoms with Crippen LogP contribution < -0.4 is 0 Å². The van der Waals surface area contributed by atoms with Gasteiger partial charge in [0, 0.05) is 54.5 Å². The molecular weight excluding hydrogens is 572 g/mol. The minimum Gasteiger partial charge on any atom is -0.361 e. The molecule has 0 fully saturated rings. The van der Waals surface area contributed by atoms with Gasteiger partial charge < -0.3 is 9.97 Å². The average Bonchev–Trinajstić information content (AvgIpc) is 3.57. The van der Waals surface area contributed by atoms with Crippen molar-refractivity contribution in [2.24, 2.45) is 0 Å². The van der Waals surface area contributed by atoms with Gasteiger partial charge in [0.15, 0.2) is 0 Å². The molecule has 1 aliphatic rings. The molecule has 4 aromatic carbocycles. The molecule has 0 amide bonds. The largest absolute Gasteiger partial charge is 0.361 e. The lowest BCUT2D eigenvalue weighted by atomic mass is 9.76. The summed E-state index contributed by atoms with van der Waals surface area (Å²) in [5.74, 6) is 0.883. The smallest absolute Gasteiger partial charge is 0.0459 e. The van der Waals surface area contributed by atoms with Crippen LogP contribution in [0.15, 0.2) is 112 Å². The lowest BCUT2D eigenvalue weighted by Crippen LogP contribution is -2.15. The van der Waals surface area contributed by atoms with Crippen LogP contribution in [0.3, 0.4) is 0 Å². The summed E-state index contributed by atoms with van der Waals surface area (Å²) in [6.45, 7) is 0. The predicted molar refractivity (Wildman–Crippen MR) is 156 cm³/mol. The minimum absolute atomic E-state index is 0.227. The Labute approximate surface area is 227 Å². The number of fused-ring (bicyclic) bond motifs is 4. The Morgan fingerprint density at radius 1 is 0.667 bits per heavy atom. The number of benzene rings is 4. The maximum absolute atomic E-state index is 3.88. The van der Waals surface area contributed by atoms with Gasteiger partial charge in [0.25, 0.3) is 0 Å². The van der Waals surface area contributed by atoms with Crippen LogP contribution in [0.2, 0.25) is 0 Å². The van der Waals surface area contributed by atoms with Crippen molar-refractivity contribution in [2.75, 3.05) is 0 Å². The second-order valence-electron chi connectivity index (χ2n) is 9.78. The fourth-order valence-electron chi connectivity index (χ4n) is 6.33. The molecule has 0 saturated carbocycles. The van der Waals surface area contributed by atoms with Crippen LogP contribution in [-0.4, -0.2) is 9.97 Å². The molecule has 1 aliphatic carbocycles. The molecule has 0 saturated heterocycles. The Morgan fingerprint density at radius 3 is 2.06 bits per heavy atom. The van der Waals surface area contributed by atoms with Crippen molar-refractivity contribution in [3.8, 4) is 0 Å². The maximum atomic E-state index is 3.88. The van der Waals surface area contributed by atoms with Crippen LogP contribution in [0, 0.1) is 0 Å². The highest BCUT2D eigenvalue weighted by molar-refractivity contribution is 9.10. The van der Waals surface area contributed by atoms with Crippen LogP contribution in [0.25, 0.3) is 21.8 Å². The van der Waals surface area contributed by atoms with Crippen molar-refractivity contribution in [1.29, 1.82) is 0 Å². The van der Waals surface area contributed by atoms with Gasteiger partial charge in [0.05, 0.1) is 0 Å². The molecule has 0 spiro atoms. The van der Waals surface area contributed by atoms with E-state index in [0.717, 1.165) is 15.4 Å². The summed E-state index contributed by atoms with van der Waals surface area (Å²) in [5, 5.41) is 2.65. The zero-order chi connectivity index (χ0) is 24.2. The monoisotopic (exact) mass is 594 g/mol. The Balaban J connectivity index is 1.49. The van der Waals surface area contributed by atoms with Crippen molar-refractivity contribution >= 4 is 53.7 Å². The van der Waals surface area contributed by atoms with Gasteiger partial charge in [-0.05, 0) is 71.0 Å². The van der Waals surface area contributed by atoms with Crippen molar-refractivity contribution in [1.82, 2.24) is 9.97 Å². The van der Waals surface area contributed by atoms with Gasteiger partial charge in [-0.1, -0.05) is 92.5 Å². The molecule has 2 heterocycles. The van der Waals surface area contributed by atoms with E-state index in [1.165, 1.54) is 49.8 Å². The highest BCUT2D eigenvalue weighted by atomic mass is 79.9. The Morgan fingerprint density at radius 2 is 1.31 bits per heavy atom. The Kier molecular flexibility index (Phi) is 5.41. The van der Waals surface area contributed by atoms with Crippen molar-refractivity contribution in [2.45, 2.75) is 24.2 Å². The van der Waals surface area contributed by atoms with Gasteiger partial charge in [0.2, 0.25) is 0 Å². The average molecular weight is 596 g/mol. The molecule has 0 aliphatic heterocycles. The fourth-order valence-corrected chi connectivity index (χ4v) is 6.86. The molecule has 36 heavy (non-hydrogen) atoms. The molecule has 2 N–H and O–H groups in total. The molecule has 3 atom stereocenters. The number of hydrogen-bond donors (Lipinski definition) is 2. The van der Waals surface area contributed by atoms with Crippen LogP contribution >= 0.6 is 31.9 Å². The number of aromatic nitrogens is 2. The van der Waals surface area contributed by atoms with E-state index in [1.807, 2.05) is 0 Å². The molecule has 2 aromatic heterocycles. The van der Waals surface area contributed by atoms with Crippen molar-refractivity contribution in [3.63, 3.8) is 0 Å². The van der Waals surface area contributed by atoms with Gasteiger partial charge in [-0.15, -0.1) is 0 Å². The van der Waals surface area contributed by atoms with Gasteiger partial charge in [-0.3, -0.25) is 0 Å². The normalized spacial score (nSPS) is 19.2. The summed E-state index contributed by atoms with van der Waals surface area (Å²) in [7, 11) is 0. The Hall–Kier alpha value is -3.08. The van der Waals surface area contributed by atoms with E-state index in [1.54, 1.807) is 0 Å². The molecule has 4 heteroatoms. The molecule has 176 valence electrons.